The summed E-state index contributed by atoms with van der Waals surface area (Å²) in [6, 6.07) is 4.48. The summed E-state index contributed by atoms with van der Waals surface area (Å²) in [5.74, 6) is -1.01. The lowest BCUT2D eigenvalue weighted by atomic mass is 10.1. The Labute approximate surface area is 108 Å². The fourth-order valence-corrected chi connectivity index (χ4v) is 1.91. The highest BCUT2D eigenvalue weighted by Gasteiger charge is 2.13. The molecule has 6 heteroatoms. The van der Waals surface area contributed by atoms with Gasteiger partial charge in [-0.2, -0.15) is 0 Å². The summed E-state index contributed by atoms with van der Waals surface area (Å²) in [7, 11) is 0. The molecule has 98 valence electrons. The van der Waals surface area contributed by atoms with Crippen LogP contribution in [-0.4, -0.2) is 21.0 Å². The number of nitro benzene ring substituents is 1. The number of aliphatic carboxylic acids is 1. The summed E-state index contributed by atoms with van der Waals surface area (Å²) in [6.45, 7) is 3.28. The van der Waals surface area contributed by atoms with Crippen molar-refractivity contribution < 1.29 is 14.8 Å². The molecule has 2 aromatic rings. The average molecular weight is 260 g/mol. The summed E-state index contributed by atoms with van der Waals surface area (Å²) in [5.41, 5.74) is 2.34. The first-order chi connectivity index (χ1) is 8.90. The van der Waals surface area contributed by atoms with Crippen molar-refractivity contribution in [2.45, 2.75) is 13.8 Å². The van der Waals surface area contributed by atoms with E-state index in [9.17, 15) is 14.9 Å². The van der Waals surface area contributed by atoms with E-state index in [1.165, 1.54) is 25.1 Å². The molecular weight excluding hydrogens is 248 g/mol. The van der Waals surface area contributed by atoms with Gasteiger partial charge in [-0.3, -0.25) is 10.1 Å². The number of H-pyrrole nitrogens is 1. The molecule has 1 aromatic carbocycles. The quantitative estimate of drug-likeness (QED) is 0.503. The zero-order valence-corrected chi connectivity index (χ0v) is 10.4. The van der Waals surface area contributed by atoms with E-state index in [0.717, 1.165) is 11.2 Å². The Morgan fingerprint density at radius 2 is 2.16 bits per heavy atom. The van der Waals surface area contributed by atoms with E-state index in [1.807, 2.05) is 0 Å². The molecule has 0 spiro atoms. The number of aromatic amines is 1. The SMILES string of the molecule is C/C(=C\c1c(C)[nH]c2ccc([N+](=O)[O-])cc12)C(=O)O. The van der Waals surface area contributed by atoms with Crippen LogP contribution in [0, 0.1) is 17.0 Å². The summed E-state index contributed by atoms with van der Waals surface area (Å²) in [5, 5.41) is 20.3. The number of non-ortho nitro benzene ring substituents is 1. The predicted octanol–water partition coefficient (Wildman–Crippen LogP) is 2.87. The number of hydrogen-bond donors (Lipinski definition) is 2. The lowest BCUT2D eigenvalue weighted by Crippen LogP contribution is -1.95. The molecule has 0 bridgehead atoms. The minimum absolute atomic E-state index is 0.0193. The van der Waals surface area contributed by atoms with E-state index in [1.54, 1.807) is 13.0 Å². The minimum Gasteiger partial charge on any atom is -0.478 e. The second-order valence-corrected chi connectivity index (χ2v) is 4.28. The van der Waals surface area contributed by atoms with E-state index in [4.69, 9.17) is 5.11 Å². The van der Waals surface area contributed by atoms with Gasteiger partial charge in [-0.05, 0) is 26.0 Å². The smallest absolute Gasteiger partial charge is 0.331 e. The van der Waals surface area contributed by atoms with Gasteiger partial charge in [0.15, 0.2) is 0 Å². The van der Waals surface area contributed by atoms with E-state index in [-0.39, 0.29) is 11.3 Å². The number of nitrogens with zero attached hydrogens (tertiary/aromatic N) is 1. The standard InChI is InChI=1S/C13H12N2O4/c1-7(13(16)17)5-10-8(2)14-12-4-3-9(15(18)19)6-11(10)12/h3-6,14H,1-2H3,(H,16,17)/b7-5+. The molecule has 1 heterocycles. The molecule has 19 heavy (non-hydrogen) atoms. The van der Waals surface area contributed by atoms with Gasteiger partial charge in [-0.15, -0.1) is 0 Å². The largest absolute Gasteiger partial charge is 0.478 e. The third-order valence-electron chi connectivity index (χ3n) is 2.93. The number of hydrogen-bond acceptors (Lipinski definition) is 3. The van der Waals surface area contributed by atoms with E-state index < -0.39 is 10.9 Å². The van der Waals surface area contributed by atoms with Gasteiger partial charge in [0.1, 0.15) is 0 Å². The molecule has 0 radical (unpaired) electrons. The normalized spacial score (nSPS) is 11.8. The van der Waals surface area contributed by atoms with Gasteiger partial charge in [0.2, 0.25) is 0 Å². The van der Waals surface area contributed by atoms with Crippen LogP contribution in [0.5, 0.6) is 0 Å². The number of rotatable bonds is 3. The number of nitrogens with one attached hydrogen (secondary N) is 1. The zero-order valence-electron chi connectivity index (χ0n) is 10.4. The first kappa shape index (κ1) is 12.8. The third kappa shape index (κ3) is 2.33. The van der Waals surface area contributed by atoms with Crippen molar-refractivity contribution >= 4 is 28.6 Å². The molecular formula is C13H12N2O4. The fraction of sp³-hybridized carbons (Fsp3) is 0.154. The van der Waals surface area contributed by atoms with E-state index >= 15 is 0 Å². The highest BCUT2D eigenvalue weighted by atomic mass is 16.6. The first-order valence-corrected chi connectivity index (χ1v) is 5.58. The lowest BCUT2D eigenvalue weighted by Gasteiger charge is -1.97. The Balaban J connectivity index is 2.69. The molecule has 0 aliphatic carbocycles. The van der Waals surface area contributed by atoms with Gasteiger partial charge < -0.3 is 10.1 Å². The van der Waals surface area contributed by atoms with Crippen molar-refractivity contribution in [3.63, 3.8) is 0 Å². The van der Waals surface area contributed by atoms with Gasteiger partial charge in [0.25, 0.3) is 5.69 Å². The summed E-state index contributed by atoms with van der Waals surface area (Å²) < 4.78 is 0. The summed E-state index contributed by atoms with van der Waals surface area (Å²) in [6.07, 6.45) is 1.51. The Bertz CT molecular complexity index is 713. The van der Waals surface area contributed by atoms with Crippen LogP contribution in [0.1, 0.15) is 18.2 Å². The van der Waals surface area contributed by atoms with Crippen molar-refractivity contribution in [3.8, 4) is 0 Å². The van der Waals surface area contributed by atoms with Gasteiger partial charge >= 0.3 is 5.97 Å². The number of aromatic nitrogens is 1. The monoisotopic (exact) mass is 260 g/mol. The van der Waals surface area contributed by atoms with Crippen molar-refractivity contribution in [2.75, 3.05) is 0 Å². The molecule has 0 saturated heterocycles. The van der Waals surface area contributed by atoms with Crippen molar-refractivity contribution in [1.29, 1.82) is 0 Å². The molecule has 2 N–H and O–H groups in total. The molecule has 1 aromatic heterocycles. The number of carboxylic acid groups (broad SMARTS) is 1. The predicted molar refractivity (Wildman–Crippen MR) is 71.0 cm³/mol. The highest BCUT2D eigenvalue weighted by Crippen LogP contribution is 2.28. The molecule has 0 aliphatic rings. The number of nitro groups is 1. The van der Waals surface area contributed by atoms with Crippen LogP contribution in [-0.2, 0) is 4.79 Å². The molecule has 0 unspecified atom stereocenters. The fourth-order valence-electron chi connectivity index (χ4n) is 1.91. The second-order valence-electron chi connectivity index (χ2n) is 4.28. The van der Waals surface area contributed by atoms with Crippen molar-refractivity contribution in [3.05, 3.63) is 45.1 Å². The highest BCUT2D eigenvalue weighted by molar-refractivity contribution is 5.98. The molecule has 6 nitrogen and oxygen atoms in total. The molecule has 0 amide bonds. The van der Waals surface area contributed by atoms with Crippen LogP contribution >= 0.6 is 0 Å². The third-order valence-corrected chi connectivity index (χ3v) is 2.93. The summed E-state index contributed by atoms with van der Waals surface area (Å²) in [4.78, 5) is 24.2. The van der Waals surface area contributed by atoms with Gasteiger partial charge in [-0.1, -0.05) is 0 Å². The van der Waals surface area contributed by atoms with Gasteiger partial charge in [0.05, 0.1) is 4.92 Å². The first-order valence-electron chi connectivity index (χ1n) is 5.58. The molecule has 0 saturated carbocycles. The summed E-state index contributed by atoms with van der Waals surface area (Å²) >= 11 is 0. The van der Waals surface area contributed by atoms with E-state index in [2.05, 4.69) is 4.98 Å². The average Bonchev–Trinajstić information content (AvgIpc) is 2.65. The van der Waals surface area contributed by atoms with Gasteiger partial charge in [-0.25, -0.2) is 4.79 Å². The number of aryl methyl sites for hydroxylation is 1. The Morgan fingerprint density at radius 3 is 2.74 bits per heavy atom. The molecule has 0 fully saturated rings. The maximum absolute atomic E-state index is 10.9. The molecule has 0 aliphatic heterocycles. The lowest BCUT2D eigenvalue weighted by molar-refractivity contribution is -0.384. The molecule has 0 atom stereocenters. The van der Waals surface area contributed by atoms with Crippen LogP contribution in [0.3, 0.4) is 0 Å². The number of carboxylic acids is 1. The maximum Gasteiger partial charge on any atom is 0.331 e. The van der Waals surface area contributed by atoms with Crippen LogP contribution in [0.15, 0.2) is 23.8 Å². The Kier molecular flexibility index (Phi) is 3.08. The number of carbonyl (C=O) groups is 1. The number of fused-ring (bicyclic) bond motifs is 1. The van der Waals surface area contributed by atoms with E-state index in [0.29, 0.717) is 10.9 Å². The van der Waals surface area contributed by atoms with Crippen LogP contribution in [0.4, 0.5) is 5.69 Å². The van der Waals surface area contributed by atoms with Crippen LogP contribution < -0.4 is 0 Å². The minimum atomic E-state index is -1.01. The second kappa shape index (κ2) is 4.56. The molecule has 2 rings (SSSR count). The van der Waals surface area contributed by atoms with Gasteiger partial charge in [0, 0.05) is 39.9 Å². The number of benzene rings is 1. The van der Waals surface area contributed by atoms with Crippen LogP contribution in [0.2, 0.25) is 0 Å². The van der Waals surface area contributed by atoms with Crippen LogP contribution in [0.25, 0.3) is 17.0 Å². The zero-order chi connectivity index (χ0) is 14.2. The Morgan fingerprint density at radius 1 is 1.47 bits per heavy atom. The maximum atomic E-state index is 10.9. The topological polar surface area (TPSA) is 96.2 Å². The van der Waals surface area contributed by atoms with Crippen molar-refractivity contribution in [1.82, 2.24) is 4.98 Å². The Hall–Kier alpha value is -2.63. The van der Waals surface area contributed by atoms with Crippen molar-refractivity contribution in [2.24, 2.45) is 0 Å².